The smallest absolute Gasteiger partial charge is 0.0551 e. The highest BCUT2D eigenvalue weighted by Crippen LogP contribution is 2.20. The molecule has 2 aromatic carbocycles. The lowest BCUT2D eigenvalue weighted by atomic mass is 10.1. The van der Waals surface area contributed by atoms with Gasteiger partial charge in [-0.05, 0) is 43.7 Å². The van der Waals surface area contributed by atoms with Crippen molar-refractivity contribution in [1.29, 1.82) is 0 Å². The zero-order valence-corrected chi connectivity index (χ0v) is 13.0. The van der Waals surface area contributed by atoms with E-state index in [1.807, 2.05) is 51.2 Å². The Labute approximate surface area is 123 Å². The maximum Gasteiger partial charge on any atom is 0.0551 e. The Hall–Kier alpha value is -1.45. The average Bonchev–Trinajstić information content (AvgIpc) is 2.48. The SMILES string of the molecule is CNC(CS(=O)c1cc(C)ccc1C)c1ccccc1. The molecular weight excluding hydrogens is 266 g/mol. The summed E-state index contributed by atoms with van der Waals surface area (Å²) in [5.74, 6) is 0.588. The Morgan fingerprint density at radius 3 is 2.45 bits per heavy atom. The van der Waals surface area contributed by atoms with E-state index in [2.05, 4.69) is 23.5 Å². The molecule has 0 radical (unpaired) electrons. The zero-order valence-electron chi connectivity index (χ0n) is 12.2. The molecular formula is C17H21NOS. The molecule has 2 aromatic rings. The van der Waals surface area contributed by atoms with Gasteiger partial charge < -0.3 is 5.32 Å². The second kappa shape index (κ2) is 6.82. The minimum atomic E-state index is -0.998. The van der Waals surface area contributed by atoms with E-state index in [4.69, 9.17) is 0 Å². The lowest BCUT2D eigenvalue weighted by molar-refractivity contribution is 0.635. The van der Waals surface area contributed by atoms with Crippen LogP contribution in [-0.4, -0.2) is 17.0 Å². The van der Waals surface area contributed by atoms with E-state index in [1.165, 1.54) is 5.56 Å². The van der Waals surface area contributed by atoms with Crippen LogP contribution in [0.2, 0.25) is 0 Å². The molecule has 2 nitrogen and oxygen atoms in total. The molecule has 0 amide bonds. The maximum atomic E-state index is 12.6. The molecule has 0 bridgehead atoms. The van der Waals surface area contributed by atoms with Gasteiger partial charge in [0.15, 0.2) is 0 Å². The number of nitrogens with one attached hydrogen (secondary N) is 1. The van der Waals surface area contributed by atoms with Crippen LogP contribution in [0.25, 0.3) is 0 Å². The summed E-state index contributed by atoms with van der Waals surface area (Å²) in [4.78, 5) is 0.946. The lowest BCUT2D eigenvalue weighted by Crippen LogP contribution is -2.23. The molecule has 2 unspecified atom stereocenters. The first-order valence-corrected chi connectivity index (χ1v) is 8.11. The van der Waals surface area contributed by atoms with E-state index in [0.717, 1.165) is 16.0 Å². The van der Waals surface area contributed by atoms with Crippen LogP contribution >= 0.6 is 0 Å². The first-order chi connectivity index (χ1) is 9.61. The minimum Gasteiger partial charge on any atom is -0.312 e. The van der Waals surface area contributed by atoms with E-state index < -0.39 is 10.8 Å². The molecule has 20 heavy (non-hydrogen) atoms. The van der Waals surface area contributed by atoms with Crippen LogP contribution in [0.15, 0.2) is 53.4 Å². The van der Waals surface area contributed by atoms with Crippen LogP contribution in [0.3, 0.4) is 0 Å². The number of rotatable bonds is 5. The number of hydrogen-bond acceptors (Lipinski definition) is 2. The third-order valence-corrected chi connectivity index (χ3v) is 5.02. The average molecular weight is 287 g/mol. The second-order valence-electron chi connectivity index (χ2n) is 5.03. The Morgan fingerprint density at radius 1 is 1.10 bits per heavy atom. The fraction of sp³-hybridized carbons (Fsp3) is 0.294. The highest BCUT2D eigenvalue weighted by molar-refractivity contribution is 7.85. The first-order valence-electron chi connectivity index (χ1n) is 6.79. The Bertz CT molecular complexity index is 595. The Kier molecular flexibility index (Phi) is 5.10. The van der Waals surface area contributed by atoms with E-state index in [1.54, 1.807) is 0 Å². The van der Waals surface area contributed by atoms with Crippen LogP contribution in [-0.2, 0) is 10.8 Å². The molecule has 0 aliphatic heterocycles. The predicted octanol–water partition coefficient (Wildman–Crippen LogP) is 3.37. The quantitative estimate of drug-likeness (QED) is 0.913. The van der Waals surface area contributed by atoms with Gasteiger partial charge in [-0.2, -0.15) is 0 Å². The summed E-state index contributed by atoms with van der Waals surface area (Å²) in [6.07, 6.45) is 0. The van der Waals surface area contributed by atoms with Crippen molar-refractivity contribution in [3.63, 3.8) is 0 Å². The normalized spacial score (nSPS) is 13.9. The minimum absolute atomic E-state index is 0.108. The molecule has 3 heteroatoms. The number of aryl methyl sites for hydroxylation is 2. The van der Waals surface area contributed by atoms with Gasteiger partial charge in [-0.3, -0.25) is 4.21 Å². The fourth-order valence-corrected chi connectivity index (χ4v) is 3.81. The van der Waals surface area contributed by atoms with Crippen LogP contribution < -0.4 is 5.32 Å². The van der Waals surface area contributed by atoms with Crippen LogP contribution in [0.5, 0.6) is 0 Å². The van der Waals surface area contributed by atoms with Gasteiger partial charge in [0.1, 0.15) is 0 Å². The van der Waals surface area contributed by atoms with Gasteiger partial charge in [0.05, 0.1) is 10.8 Å². The largest absolute Gasteiger partial charge is 0.312 e. The number of hydrogen-bond donors (Lipinski definition) is 1. The van der Waals surface area contributed by atoms with Crippen LogP contribution in [0.4, 0.5) is 0 Å². The summed E-state index contributed by atoms with van der Waals surface area (Å²) in [6, 6.07) is 16.4. The van der Waals surface area contributed by atoms with Crippen molar-refractivity contribution in [2.45, 2.75) is 24.8 Å². The first kappa shape index (κ1) is 14.9. The third kappa shape index (κ3) is 3.56. The molecule has 0 aromatic heterocycles. The Morgan fingerprint density at radius 2 is 1.80 bits per heavy atom. The van der Waals surface area contributed by atoms with E-state index in [-0.39, 0.29) is 6.04 Å². The van der Waals surface area contributed by atoms with Gasteiger partial charge in [0, 0.05) is 16.7 Å². The molecule has 0 saturated heterocycles. The van der Waals surface area contributed by atoms with Gasteiger partial charge >= 0.3 is 0 Å². The molecule has 0 aliphatic carbocycles. The summed E-state index contributed by atoms with van der Waals surface area (Å²) in [6.45, 7) is 4.05. The monoisotopic (exact) mass is 287 g/mol. The molecule has 0 saturated carbocycles. The molecule has 2 atom stereocenters. The van der Waals surface area contributed by atoms with Crippen molar-refractivity contribution >= 4 is 10.8 Å². The molecule has 0 spiro atoms. The van der Waals surface area contributed by atoms with Crippen LogP contribution in [0, 0.1) is 13.8 Å². The Balaban J connectivity index is 2.20. The van der Waals surface area contributed by atoms with Crippen molar-refractivity contribution in [1.82, 2.24) is 5.32 Å². The van der Waals surface area contributed by atoms with Crippen molar-refractivity contribution in [3.8, 4) is 0 Å². The maximum absolute atomic E-state index is 12.6. The summed E-state index contributed by atoms with van der Waals surface area (Å²) >= 11 is 0. The van der Waals surface area contributed by atoms with Gasteiger partial charge in [0.25, 0.3) is 0 Å². The third-order valence-electron chi connectivity index (χ3n) is 3.46. The van der Waals surface area contributed by atoms with Crippen molar-refractivity contribution in [2.75, 3.05) is 12.8 Å². The number of benzene rings is 2. The molecule has 2 rings (SSSR count). The van der Waals surface area contributed by atoms with Crippen molar-refractivity contribution in [3.05, 3.63) is 65.2 Å². The zero-order chi connectivity index (χ0) is 14.5. The van der Waals surface area contributed by atoms with E-state index >= 15 is 0 Å². The van der Waals surface area contributed by atoms with Gasteiger partial charge in [-0.25, -0.2) is 0 Å². The topological polar surface area (TPSA) is 29.1 Å². The van der Waals surface area contributed by atoms with Gasteiger partial charge in [-0.15, -0.1) is 0 Å². The lowest BCUT2D eigenvalue weighted by Gasteiger charge is -2.17. The highest BCUT2D eigenvalue weighted by atomic mass is 32.2. The van der Waals surface area contributed by atoms with E-state index in [0.29, 0.717) is 5.75 Å². The van der Waals surface area contributed by atoms with Gasteiger partial charge in [0.2, 0.25) is 0 Å². The van der Waals surface area contributed by atoms with Crippen LogP contribution in [0.1, 0.15) is 22.7 Å². The molecule has 106 valence electrons. The summed E-state index contributed by atoms with van der Waals surface area (Å²) < 4.78 is 12.6. The van der Waals surface area contributed by atoms with Crippen molar-refractivity contribution in [2.24, 2.45) is 0 Å². The standard InChI is InChI=1S/C17H21NOS/c1-13-9-10-14(2)17(11-13)20(19)12-16(18-3)15-7-5-4-6-8-15/h4-11,16,18H,12H2,1-3H3. The van der Waals surface area contributed by atoms with Gasteiger partial charge in [-0.1, -0.05) is 42.5 Å². The van der Waals surface area contributed by atoms with E-state index in [9.17, 15) is 4.21 Å². The summed E-state index contributed by atoms with van der Waals surface area (Å²) in [5, 5.41) is 3.26. The summed E-state index contributed by atoms with van der Waals surface area (Å²) in [7, 11) is 0.916. The molecule has 1 N–H and O–H groups in total. The fourth-order valence-electron chi connectivity index (χ4n) is 2.23. The predicted molar refractivity (Wildman–Crippen MR) is 85.4 cm³/mol. The second-order valence-corrected chi connectivity index (χ2v) is 6.50. The molecule has 0 aliphatic rings. The molecule has 0 heterocycles. The highest BCUT2D eigenvalue weighted by Gasteiger charge is 2.15. The molecule has 0 fully saturated rings. The summed E-state index contributed by atoms with van der Waals surface area (Å²) in [5.41, 5.74) is 3.42. The van der Waals surface area contributed by atoms with Crippen molar-refractivity contribution < 1.29 is 4.21 Å².